The minimum atomic E-state index is -0.369. The normalized spacial score (nSPS) is 12.4. The summed E-state index contributed by atoms with van der Waals surface area (Å²) in [6, 6.07) is 2.14. The van der Waals surface area contributed by atoms with E-state index in [2.05, 4.69) is 26.8 Å². The molecule has 0 N–H and O–H groups in total. The lowest BCUT2D eigenvalue weighted by Crippen LogP contribution is -2.14. The Kier molecular flexibility index (Phi) is 8.90. The molecule has 0 aliphatic carbocycles. The first kappa shape index (κ1) is 15.2. The van der Waals surface area contributed by atoms with Gasteiger partial charge in [0.15, 0.2) is 0 Å². The lowest BCUT2D eigenvalue weighted by atomic mass is 9.92. The average Bonchev–Trinajstić information content (AvgIpc) is 2.25. The molecule has 92 valence electrons. The first-order valence-electron chi connectivity index (χ1n) is 6.54. The van der Waals surface area contributed by atoms with Crippen molar-refractivity contribution in [2.45, 2.75) is 65.7 Å². The van der Waals surface area contributed by atoms with Gasteiger partial charge in [-0.25, -0.2) is 0 Å². The van der Waals surface area contributed by atoms with Gasteiger partial charge >= 0.3 is 0 Å². The van der Waals surface area contributed by atoms with Crippen LogP contribution in [-0.2, 0) is 4.79 Å². The molecule has 16 heavy (non-hydrogen) atoms. The fraction of sp³-hybridized carbons (Fsp3) is 0.857. The molecule has 2 nitrogen and oxygen atoms in total. The maximum absolute atomic E-state index is 11.7. The van der Waals surface area contributed by atoms with Crippen molar-refractivity contribution < 1.29 is 4.79 Å². The van der Waals surface area contributed by atoms with Crippen molar-refractivity contribution in [1.82, 2.24) is 0 Å². The summed E-state index contributed by atoms with van der Waals surface area (Å²) in [6.07, 6.45) is 7.07. The lowest BCUT2D eigenvalue weighted by Gasteiger charge is -2.10. The van der Waals surface area contributed by atoms with Crippen LogP contribution in [0.1, 0.15) is 65.7 Å². The molecule has 1 unspecified atom stereocenters. The number of hydrogen-bond acceptors (Lipinski definition) is 2. The Labute approximate surface area is 100 Å². The molecule has 0 spiro atoms. The van der Waals surface area contributed by atoms with Crippen molar-refractivity contribution in [2.75, 3.05) is 0 Å². The Morgan fingerprint density at radius 2 is 1.81 bits per heavy atom. The highest BCUT2D eigenvalue weighted by atomic mass is 16.1. The highest BCUT2D eigenvalue weighted by molar-refractivity contribution is 5.83. The predicted octanol–water partition coefficient (Wildman–Crippen LogP) is 4.10. The molecule has 0 heterocycles. The van der Waals surface area contributed by atoms with E-state index in [9.17, 15) is 4.79 Å². The molecular formula is C14H25NO. The number of Topliss-reactive ketones (excluding diaryl/α,β-unsaturated/α-hetero) is 1. The van der Waals surface area contributed by atoms with Gasteiger partial charge in [0.05, 0.1) is 6.07 Å². The molecule has 0 amide bonds. The van der Waals surface area contributed by atoms with Gasteiger partial charge in [-0.2, -0.15) is 5.26 Å². The molecule has 0 aliphatic rings. The van der Waals surface area contributed by atoms with Crippen molar-refractivity contribution >= 4 is 5.78 Å². The van der Waals surface area contributed by atoms with Gasteiger partial charge in [-0.05, 0) is 18.8 Å². The van der Waals surface area contributed by atoms with Crippen molar-refractivity contribution in [2.24, 2.45) is 11.8 Å². The Morgan fingerprint density at radius 1 is 1.19 bits per heavy atom. The zero-order chi connectivity index (χ0) is 12.4. The minimum Gasteiger partial charge on any atom is -0.298 e. The summed E-state index contributed by atoms with van der Waals surface area (Å²) < 4.78 is 0. The maximum atomic E-state index is 11.7. The van der Waals surface area contributed by atoms with Crippen LogP contribution in [0.5, 0.6) is 0 Å². The van der Waals surface area contributed by atoms with E-state index in [1.165, 1.54) is 19.3 Å². The molecule has 0 aromatic rings. The van der Waals surface area contributed by atoms with Crippen LogP contribution < -0.4 is 0 Å². The molecule has 0 saturated carbocycles. The van der Waals surface area contributed by atoms with E-state index >= 15 is 0 Å². The van der Waals surface area contributed by atoms with E-state index in [0.717, 1.165) is 12.8 Å². The molecule has 0 fully saturated rings. The summed E-state index contributed by atoms with van der Waals surface area (Å²) in [6.45, 7) is 6.29. The summed E-state index contributed by atoms with van der Waals surface area (Å²) in [4.78, 5) is 11.7. The molecule has 0 saturated heterocycles. The van der Waals surface area contributed by atoms with Crippen LogP contribution in [-0.4, -0.2) is 5.78 Å². The van der Waals surface area contributed by atoms with E-state index < -0.39 is 0 Å². The topological polar surface area (TPSA) is 40.9 Å². The van der Waals surface area contributed by atoms with Gasteiger partial charge in [0.25, 0.3) is 0 Å². The number of hydrogen-bond donors (Lipinski definition) is 0. The Bertz CT molecular complexity index is 227. The zero-order valence-corrected chi connectivity index (χ0v) is 11.0. The van der Waals surface area contributed by atoms with Crippen LogP contribution in [0.3, 0.4) is 0 Å². The number of ketones is 1. The third kappa shape index (κ3) is 7.45. The highest BCUT2D eigenvalue weighted by Crippen LogP contribution is 2.15. The van der Waals surface area contributed by atoms with E-state index in [1.807, 2.05) is 0 Å². The lowest BCUT2D eigenvalue weighted by molar-refractivity contribution is -0.121. The zero-order valence-electron chi connectivity index (χ0n) is 11.0. The van der Waals surface area contributed by atoms with E-state index in [0.29, 0.717) is 18.8 Å². The average molecular weight is 223 g/mol. The summed E-state index contributed by atoms with van der Waals surface area (Å²) in [7, 11) is 0. The molecule has 0 bridgehead atoms. The Balaban J connectivity index is 3.73. The first-order chi connectivity index (χ1) is 7.61. The maximum Gasteiger partial charge on any atom is 0.150 e. The summed E-state index contributed by atoms with van der Waals surface area (Å²) >= 11 is 0. The van der Waals surface area contributed by atoms with Gasteiger partial charge in [-0.1, -0.05) is 46.5 Å². The number of carbonyl (C=O) groups excluding carboxylic acids is 1. The van der Waals surface area contributed by atoms with Gasteiger partial charge in [0.1, 0.15) is 11.7 Å². The van der Waals surface area contributed by atoms with Gasteiger partial charge < -0.3 is 0 Å². The fourth-order valence-corrected chi connectivity index (χ4v) is 1.80. The van der Waals surface area contributed by atoms with E-state index in [1.54, 1.807) is 0 Å². The van der Waals surface area contributed by atoms with Gasteiger partial charge in [-0.15, -0.1) is 0 Å². The summed E-state index contributed by atoms with van der Waals surface area (Å²) in [5, 5.41) is 8.92. The number of nitrogens with zero attached hydrogens (tertiary/aromatic N) is 1. The second-order valence-corrected chi connectivity index (χ2v) is 4.94. The second-order valence-electron chi connectivity index (χ2n) is 4.94. The van der Waals surface area contributed by atoms with Gasteiger partial charge in [0.2, 0.25) is 0 Å². The van der Waals surface area contributed by atoms with Crippen LogP contribution in [0.2, 0.25) is 0 Å². The molecule has 0 aromatic carbocycles. The molecule has 0 radical (unpaired) electrons. The molecular weight excluding hydrogens is 198 g/mol. The van der Waals surface area contributed by atoms with E-state index in [-0.39, 0.29) is 11.7 Å². The molecule has 0 aromatic heterocycles. The molecule has 2 heteroatoms. The predicted molar refractivity (Wildman–Crippen MR) is 66.9 cm³/mol. The smallest absolute Gasteiger partial charge is 0.150 e. The van der Waals surface area contributed by atoms with Crippen LogP contribution in [0.25, 0.3) is 0 Å². The number of unbranched alkanes of at least 4 members (excludes halogenated alkanes) is 4. The van der Waals surface area contributed by atoms with Crippen molar-refractivity contribution in [3.05, 3.63) is 0 Å². The third-order valence-electron chi connectivity index (χ3n) is 2.78. The summed E-state index contributed by atoms with van der Waals surface area (Å²) in [5.74, 6) is 0.201. The second kappa shape index (κ2) is 9.39. The van der Waals surface area contributed by atoms with Crippen LogP contribution >= 0.6 is 0 Å². The quantitative estimate of drug-likeness (QED) is 0.552. The van der Waals surface area contributed by atoms with Crippen molar-refractivity contribution in [3.63, 3.8) is 0 Å². The van der Waals surface area contributed by atoms with Crippen LogP contribution in [0.15, 0.2) is 0 Å². The largest absolute Gasteiger partial charge is 0.298 e. The standard InChI is InChI=1S/C14H25NO/c1-4-5-6-7-8-9-14(16)13(11-15)10-12(2)3/h12-13H,4-10H2,1-3H3. The minimum absolute atomic E-state index is 0.146. The molecule has 0 rings (SSSR count). The van der Waals surface area contributed by atoms with Gasteiger partial charge in [0, 0.05) is 6.42 Å². The fourth-order valence-electron chi connectivity index (χ4n) is 1.80. The Hall–Kier alpha value is -0.840. The molecule has 0 aliphatic heterocycles. The number of carbonyl (C=O) groups is 1. The van der Waals surface area contributed by atoms with Gasteiger partial charge in [-0.3, -0.25) is 4.79 Å². The monoisotopic (exact) mass is 223 g/mol. The van der Waals surface area contributed by atoms with Crippen molar-refractivity contribution in [1.29, 1.82) is 5.26 Å². The van der Waals surface area contributed by atoms with Crippen LogP contribution in [0, 0.1) is 23.2 Å². The number of nitriles is 1. The Morgan fingerprint density at radius 3 is 2.31 bits per heavy atom. The van der Waals surface area contributed by atoms with Crippen molar-refractivity contribution in [3.8, 4) is 6.07 Å². The highest BCUT2D eigenvalue weighted by Gasteiger charge is 2.18. The van der Waals surface area contributed by atoms with E-state index in [4.69, 9.17) is 5.26 Å². The summed E-state index contributed by atoms with van der Waals surface area (Å²) in [5.41, 5.74) is 0. The van der Waals surface area contributed by atoms with Crippen LogP contribution in [0.4, 0.5) is 0 Å². The SMILES string of the molecule is CCCCCCCC(=O)C(C#N)CC(C)C. The molecule has 1 atom stereocenters. The first-order valence-corrected chi connectivity index (χ1v) is 6.54. The number of rotatable bonds is 9. The third-order valence-corrected chi connectivity index (χ3v) is 2.78.